The molecule has 13 nitrogen and oxygen atoms in total. The minimum atomic E-state index is -2.01. The van der Waals surface area contributed by atoms with Crippen molar-refractivity contribution in [2.75, 3.05) is 0 Å². The molecule has 8 N–H and O–H groups in total. The number of aromatic hydroxyl groups is 4. The number of carboxylic acids is 1. The molecule has 1 aliphatic heterocycles. The maximum Gasteiger partial charge on any atom is 0.335 e. The van der Waals surface area contributed by atoms with Crippen molar-refractivity contribution in [1.29, 1.82) is 0 Å². The first-order valence-electron chi connectivity index (χ1n) is 9.64. The van der Waals surface area contributed by atoms with Crippen LogP contribution in [0.5, 0.6) is 28.7 Å². The van der Waals surface area contributed by atoms with Gasteiger partial charge in [0.1, 0.15) is 46.5 Å². The molecule has 1 saturated heterocycles. The highest BCUT2D eigenvalue weighted by Gasteiger charge is 2.48. The lowest BCUT2D eigenvalue weighted by Crippen LogP contribution is -2.61. The van der Waals surface area contributed by atoms with Gasteiger partial charge >= 0.3 is 5.97 Å². The summed E-state index contributed by atoms with van der Waals surface area (Å²) < 4.78 is 16.0. The Labute approximate surface area is 188 Å². The highest BCUT2D eigenvalue weighted by atomic mass is 16.7. The van der Waals surface area contributed by atoms with Gasteiger partial charge in [0, 0.05) is 18.2 Å². The molecule has 5 atom stereocenters. The molecule has 0 aliphatic carbocycles. The van der Waals surface area contributed by atoms with Gasteiger partial charge in [-0.15, -0.1) is 0 Å². The van der Waals surface area contributed by atoms with Crippen LogP contribution in [-0.4, -0.2) is 77.5 Å². The molecule has 13 heteroatoms. The van der Waals surface area contributed by atoms with E-state index in [2.05, 4.69) is 0 Å². The molecule has 0 bridgehead atoms. The van der Waals surface area contributed by atoms with Crippen LogP contribution in [0.4, 0.5) is 0 Å². The first-order valence-corrected chi connectivity index (χ1v) is 9.64. The first kappa shape index (κ1) is 23.1. The van der Waals surface area contributed by atoms with Crippen LogP contribution in [-0.2, 0) is 9.53 Å². The Morgan fingerprint density at radius 1 is 0.912 bits per heavy atom. The first-order chi connectivity index (χ1) is 16.0. The van der Waals surface area contributed by atoms with Gasteiger partial charge in [-0.2, -0.15) is 0 Å². The average Bonchev–Trinajstić information content (AvgIpc) is 2.76. The number of fused-ring (bicyclic) bond motifs is 1. The summed E-state index contributed by atoms with van der Waals surface area (Å²) in [6.45, 7) is 0. The Kier molecular flexibility index (Phi) is 5.70. The fourth-order valence-corrected chi connectivity index (χ4v) is 3.53. The molecule has 1 fully saturated rings. The molecule has 180 valence electrons. The zero-order valence-corrected chi connectivity index (χ0v) is 16.9. The van der Waals surface area contributed by atoms with Crippen molar-refractivity contribution in [3.8, 4) is 40.1 Å². The van der Waals surface area contributed by atoms with Crippen molar-refractivity contribution < 1.29 is 59.5 Å². The zero-order valence-electron chi connectivity index (χ0n) is 16.9. The second-order valence-corrected chi connectivity index (χ2v) is 7.48. The number of aliphatic hydroxyl groups is 3. The molecular formula is C21H18O13. The predicted molar refractivity (Wildman–Crippen MR) is 110 cm³/mol. The molecule has 0 spiro atoms. The van der Waals surface area contributed by atoms with Gasteiger partial charge in [-0.3, -0.25) is 4.79 Å². The number of aliphatic carboxylic acids is 1. The molecule has 0 unspecified atom stereocenters. The highest BCUT2D eigenvalue weighted by molar-refractivity contribution is 5.86. The minimum Gasteiger partial charge on any atom is -0.508 e. The van der Waals surface area contributed by atoms with E-state index in [0.29, 0.717) is 0 Å². The summed E-state index contributed by atoms with van der Waals surface area (Å²) in [5, 5.41) is 78.9. The molecule has 0 saturated carbocycles. The van der Waals surface area contributed by atoms with E-state index in [0.717, 1.165) is 30.3 Å². The molecule has 0 radical (unpaired) electrons. The maximum absolute atomic E-state index is 12.6. The lowest BCUT2D eigenvalue weighted by molar-refractivity contribution is -0.271. The third-order valence-corrected chi connectivity index (χ3v) is 5.22. The van der Waals surface area contributed by atoms with Gasteiger partial charge in [0.2, 0.25) is 12.0 Å². The number of hydrogen-bond acceptors (Lipinski definition) is 12. The number of ether oxygens (including phenoxy) is 2. The number of rotatable bonds is 4. The fourth-order valence-electron chi connectivity index (χ4n) is 3.53. The van der Waals surface area contributed by atoms with Crippen LogP contribution in [0.15, 0.2) is 39.5 Å². The average molecular weight is 478 g/mol. The number of hydrogen-bond donors (Lipinski definition) is 8. The second-order valence-electron chi connectivity index (χ2n) is 7.48. The predicted octanol–water partition coefficient (Wildman–Crippen LogP) is -0.447. The molecule has 4 rings (SSSR count). The Balaban J connectivity index is 1.83. The molecule has 3 aromatic rings. The van der Waals surface area contributed by atoms with Gasteiger partial charge in [-0.05, 0) is 12.1 Å². The standard InChI is InChI=1S/C21H18O13/c22-6-3-9(24)13-10(25)5-11(32-12(13)4-6)7-1-2-8(23)14(26)18(7)33-21-17(29)15(27)16(28)19(34-21)20(30)31/h1-5,15-17,19,21-24,26-29H,(H,30,31)/t15-,16-,17+,19-,21+/m0/s1. The van der Waals surface area contributed by atoms with Gasteiger partial charge in [-0.25, -0.2) is 4.79 Å². The van der Waals surface area contributed by atoms with Crippen LogP contribution < -0.4 is 10.2 Å². The van der Waals surface area contributed by atoms with Crippen LogP contribution in [0.3, 0.4) is 0 Å². The lowest BCUT2D eigenvalue weighted by atomic mass is 9.99. The number of carbonyl (C=O) groups is 1. The van der Waals surface area contributed by atoms with E-state index in [1.165, 1.54) is 0 Å². The largest absolute Gasteiger partial charge is 0.508 e. The van der Waals surface area contributed by atoms with E-state index in [4.69, 9.17) is 13.9 Å². The van der Waals surface area contributed by atoms with E-state index in [1.54, 1.807) is 0 Å². The summed E-state index contributed by atoms with van der Waals surface area (Å²) in [7, 11) is 0. The Morgan fingerprint density at radius 2 is 1.62 bits per heavy atom. The molecule has 2 heterocycles. The summed E-state index contributed by atoms with van der Waals surface area (Å²) in [4.78, 5) is 23.9. The third-order valence-electron chi connectivity index (χ3n) is 5.22. The Morgan fingerprint density at radius 3 is 2.29 bits per heavy atom. The molecule has 0 amide bonds. The van der Waals surface area contributed by atoms with Crippen LogP contribution in [0.1, 0.15) is 0 Å². The summed E-state index contributed by atoms with van der Waals surface area (Å²) >= 11 is 0. The van der Waals surface area contributed by atoms with Crippen molar-refractivity contribution in [3.63, 3.8) is 0 Å². The van der Waals surface area contributed by atoms with Crippen molar-refractivity contribution in [3.05, 3.63) is 40.6 Å². The van der Waals surface area contributed by atoms with Crippen LogP contribution in [0.2, 0.25) is 0 Å². The quantitative estimate of drug-likeness (QED) is 0.223. The number of aliphatic hydroxyl groups excluding tert-OH is 3. The van der Waals surface area contributed by atoms with Gasteiger partial charge in [0.25, 0.3) is 0 Å². The van der Waals surface area contributed by atoms with Crippen LogP contribution in [0.25, 0.3) is 22.3 Å². The highest BCUT2D eigenvalue weighted by Crippen LogP contribution is 2.45. The summed E-state index contributed by atoms with van der Waals surface area (Å²) in [6.07, 6.45) is -9.95. The molecule has 1 aliphatic rings. The maximum atomic E-state index is 12.6. The van der Waals surface area contributed by atoms with E-state index in [1.807, 2.05) is 0 Å². The number of carboxylic acid groups (broad SMARTS) is 1. The zero-order chi connectivity index (χ0) is 24.9. The van der Waals surface area contributed by atoms with E-state index >= 15 is 0 Å². The normalized spacial score (nSPS) is 24.7. The van der Waals surface area contributed by atoms with Crippen molar-refractivity contribution in [2.24, 2.45) is 0 Å². The number of phenols is 4. The lowest BCUT2D eigenvalue weighted by Gasteiger charge is -2.38. The smallest absolute Gasteiger partial charge is 0.335 e. The SMILES string of the molecule is O=C(O)[C@H]1O[C@@H](Oc2c(-c3cc(=O)c4c(O)cc(O)cc4o3)ccc(O)c2O)[C@H](O)[C@@H](O)[C@@H]1O. The van der Waals surface area contributed by atoms with Gasteiger partial charge in [0.05, 0.1) is 5.56 Å². The summed E-state index contributed by atoms with van der Waals surface area (Å²) in [5.41, 5.74) is -1.18. The third kappa shape index (κ3) is 3.82. The van der Waals surface area contributed by atoms with Gasteiger partial charge < -0.3 is 54.7 Å². The monoisotopic (exact) mass is 478 g/mol. The minimum absolute atomic E-state index is 0.194. The molecular weight excluding hydrogens is 460 g/mol. The topological polar surface area (TPSA) is 228 Å². The van der Waals surface area contributed by atoms with Crippen molar-refractivity contribution >= 4 is 16.9 Å². The van der Waals surface area contributed by atoms with Crippen LogP contribution in [0, 0.1) is 0 Å². The number of benzene rings is 2. The van der Waals surface area contributed by atoms with E-state index in [-0.39, 0.29) is 22.3 Å². The summed E-state index contributed by atoms with van der Waals surface area (Å²) in [5.74, 6) is -5.18. The van der Waals surface area contributed by atoms with Gasteiger partial charge in [-0.1, -0.05) is 0 Å². The molecule has 1 aromatic heterocycles. The second kappa shape index (κ2) is 8.39. The Hall–Kier alpha value is -4.04. The van der Waals surface area contributed by atoms with Gasteiger partial charge in [0.15, 0.2) is 23.0 Å². The van der Waals surface area contributed by atoms with Crippen molar-refractivity contribution in [1.82, 2.24) is 0 Å². The van der Waals surface area contributed by atoms with E-state index < -0.39 is 70.9 Å². The Bertz CT molecular complexity index is 1330. The fraction of sp³-hybridized carbons (Fsp3) is 0.238. The van der Waals surface area contributed by atoms with Crippen LogP contribution >= 0.6 is 0 Å². The molecule has 34 heavy (non-hydrogen) atoms. The molecule has 2 aromatic carbocycles. The number of phenolic OH excluding ortho intramolecular Hbond substituents is 4. The van der Waals surface area contributed by atoms with Crippen molar-refractivity contribution in [2.45, 2.75) is 30.7 Å². The van der Waals surface area contributed by atoms with E-state index in [9.17, 15) is 50.4 Å². The summed E-state index contributed by atoms with van der Waals surface area (Å²) in [6, 6.07) is 5.05.